The van der Waals surface area contributed by atoms with Crippen molar-refractivity contribution in [3.63, 3.8) is 0 Å². The van der Waals surface area contributed by atoms with E-state index in [0.717, 1.165) is 22.0 Å². The van der Waals surface area contributed by atoms with Gasteiger partial charge >= 0.3 is 0 Å². The highest BCUT2D eigenvalue weighted by Crippen LogP contribution is 2.29. The van der Waals surface area contributed by atoms with E-state index in [-0.39, 0.29) is 5.91 Å². The maximum atomic E-state index is 12.3. The number of nitrogens with zero attached hydrogens (tertiary/aromatic N) is 1. The van der Waals surface area contributed by atoms with Gasteiger partial charge in [-0.1, -0.05) is 11.6 Å². The molecule has 0 aliphatic heterocycles. The zero-order valence-corrected chi connectivity index (χ0v) is 15.3. The molecule has 1 aromatic carbocycles. The molecule has 0 radical (unpaired) electrons. The van der Waals surface area contributed by atoms with Crippen molar-refractivity contribution < 1.29 is 9.53 Å². The zero-order valence-electron chi connectivity index (χ0n) is 12.9. The molecule has 0 atom stereocenters. The molecule has 3 aromatic rings. The minimum absolute atomic E-state index is 0.119. The monoisotopic (exact) mass is 378 g/mol. The second-order valence-corrected chi connectivity index (χ2v) is 7.22. The molecule has 0 fully saturated rings. The minimum atomic E-state index is -0.119. The number of hydrogen-bond donors (Lipinski definition) is 1. The molecule has 2 aromatic heterocycles. The first-order valence-electron chi connectivity index (χ1n) is 7.30. The SMILES string of the molecule is Cc1nc(-c2ccsc2)sc1C(=O)NCCOc1ccc(Cl)cc1. The first-order valence-corrected chi connectivity index (χ1v) is 9.44. The van der Waals surface area contributed by atoms with Crippen LogP contribution in [0, 0.1) is 6.92 Å². The normalized spacial score (nSPS) is 10.6. The van der Waals surface area contributed by atoms with Crippen molar-refractivity contribution in [3.05, 3.63) is 56.7 Å². The summed E-state index contributed by atoms with van der Waals surface area (Å²) in [4.78, 5) is 17.4. The number of ether oxygens (including phenoxy) is 1. The van der Waals surface area contributed by atoms with E-state index in [1.165, 1.54) is 11.3 Å². The first kappa shape index (κ1) is 17.0. The quantitative estimate of drug-likeness (QED) is 0.635. The number of benzene rings is 1. The molecule has 3 rings (SSSR count). The molecule has 0 spiro atoms. The van der Waals surface area contributed by atoms with Gasteiger partial charge in [0.2, 0.25) is 0 Å². The lowest BCUT2D eigenvalue weighted by Gasteiger charge is -2.07. The first-order chi connectivity index (χ1) is 11.6. The fourth-order valence-corrected chi connectivity index (χ4v) is 3.88. The van der Waals surface area contributed by atoms with Gasteiger partial charge in [0.1, 0.15) is 22.2 Å². The molecule has 7 heteroatoms. The Morgan fingerprint density at radius 3 is 2.79 bits per heavy atom. The highest BCUT2D eigenvalue weighted by molar-refractivity contribution is 7.17. The van der Waals surface area contributed by atoms with Gasteiger partial charge in [-0.2, -0.15) is 11.3 Å². The van der Waals surface area contributed by atoms with E-state index in [0.29, 0.717) is 23.1 Å². The van der Waals surface area contributed by atoms with E-state index in [2.05, 4.69) is 10.3 Å². The van der Waals surface area contributed by atoms with Gasteiger partial charge in [-0.15, -0.1) is 11.3 Å². The standard InChI is InChI=1S/C17H15ClN2O2S2/c1-11-15(24-17(20-11)12-6-9-23-10-12)16(21)19-7-8-22-14-4-2-13(18)3-5-14/h2-6,9-10H,7-8H2,1H3,(H,19,21). The minimum Gasteiger partial charge on any atom is -0.492 e. The lowest BCUT2D eigenvalue weighted by atomic mass is 10.3. The van der Waals surface area contributed by atoms with Crippen molar-refractivity contribution in [2.75, 3.05) is 13.2 Å². The highest BCUT2D eigenvalue weighted by Gasteiger charge is 2.16. The topological polar surface area (TPSA) is 51.2 Å². The number of carbonyl (C=O) groups excluding carboxylic acids is 1. The molecular formula is C17H15ClN2O2S2. The molecule has 0 bridgehead atoms. The second-order valence-electron chi connectivity index (χ2n) is 5.00. The lowest BCUT2D eigenvalue weighted by Crippen LogP contribution is -2.27. The Morgan fingerprint density at radius 2 is 2.08 bits per heavy atom. The van der Waals surface area contributed by atoms with E-state index < -0.39 is 0 Å². The van der Waals surface area contributed by atoms with Crippen LogP contribution in [-0.2, 0) is 0 Å². The van der Waals surface area contributed by atoms with Crippen LogP contribution >= 0.6 is 34.3 Å². The largest absolute Gasteiger partial charge is 0.492 e. The summed E-state index contributed by atoms with van der Waals surface area (Å²) in [5.74, 6) is 0.605. The average Bonchev–Trinajstić information content (AvgIpc) is 3.22. The van der Waals surface area contributed by atoms with Gasteiger partial charge in [0.25, 0.3) is 5.91 Å². The predicted molar refractivity (Wildman–Crippen MR) is 99.4 cm³/mol. The van der Waals surface area contributed by atoms with Gasteiger partial charge in [0.05, 0.1) is 12.2 Å². The maximum absolute atomic E-state index is 12.3. The van der Waals surface area contributed by atoms with Gasteiger partial charge in [0, 0.05) is 16.0 Å². The number of hydrogen-bond acceptors (Lipinski definition) is 5. The second kappa shape index (κ2) is 7.79. The van der Waals surface area contributed by atoms with Crippen molar-refractivity contribution in [1.82, 2.24) is 10.3 Å². The summed E-state index contributed by atoms with van der Waals surface area (Å²) in [6, 6.07) is 9.13. The third-order valence-electron chi connectivity index (χ3n) is 3.24. The average molecular weight is 379 g/mol. The van der Waals surface area contributed by atoms with E-state index in [9.17, 15) is 4.79 Å². The van der Waals surface area contributed by atoms with Gasteiger partial charge in [-0.25, -0.2) is 4.98 Å². The number of aromatic nitrogens is 1. The van der Waals surface area contributed by atoms with E-state index in [4.69, 9.17) is 16.3 Å². The molecule has 1 amide bonds. The maximum Gasteiger partial charge on any atom is 0.263 e. The molecule has 24 heavy (non-hydrogen) atoms. The summed E-state index contributed by atoms with van der Waals surface area (Å²) in [5.41, 5.74) is 1.80. The summed E-state index contributed by atoms with van der Waals surface area (Å²) >= 11 is 8.84. The van der Waals surface area contributed by atoms with Crippen molar-refractivity contribution in [2.24, 2.45) is 0 Å². The summed E-state index contributed by atoms with van der Waals surface area (Å²) in [6.45, 7) is 2.67. The van der Waals surface area contributed by atoms with Crippen molar-refractivity contribution >= 4 is 40.2 Å². The number of aryl methyl sites for hydroxylation is 1. The number of halogens is 1. The predicted octanol–water partition coefficient (Wildman–Crippen LogP) is 4.64. The molecule has 1 N–H and O–H groups in total. The van der Waals surface area contributed by atoms with Gasteiger partial charge in [-0.05, 0) is 42.6 Å². The molecule has 0 aliphatic carbocycles. The van der Waals surface area contributed by atoms with Gasteiger partial charge < -0.3 is 10.1 Å². The molecule has 0 saturated carbocycles. The van der Waals surface area contributed by atoms with E-state index in [1.807, 2.05) is 23.8 Å². The van der Waals surface area contributed by atoms with Crippen LogP contribution in [0.2, 0.25) is 5.02 Å². The lowest BCUT2D eigenvalue weighted by molar-refractivity contribution is 0.0950. The van der Waals surface area contributed by atoms with Crippen molar-refractivity contribution in [3.8, 4) is 16.3 Å². The van der Waals surface area contributed by atoms with Crippen molar-refractivity contribution in [1.29, 1.82) is 0 Å². The fourth-order valence-electron chi connectivity index (χ4n) is 2.06. The summed E-state index contributed by atoms with van der Waals surface area (Å²) in [7, 11) is 0. The smallest absolute Gasteiger partial charge is 0.263 e. The molecule has 4 nitrogen and oxygen atoms in total. The van der Waals surface area contributed by atoms with Crippen LogP contribution in [0.4, 0.5) is 0 Å². The molecular weight excluding hydrogens is 364 g/mol. The number of thiophene rings is 1. The number of carbonyl (C=O) groups is 1. The van der Waals surface area contributed by atoms with Crippen LogP contribution in [0.5, 0.6) is 5.75 Å². The molecule has 0 saturated heterocycles. The summed E-state index contributed by atoms with van der Waals surface area (Å²) in [6.07, 6.45) is 0. The van der Waals surface area contributed by atoms with Crippen LogP contribution in [0.15, 0.2) is 41.1 Å². The van der Waals surface area contributed by atoms with Crippen LogP contribution in [0.3, 0.4) is 0 Å². The van der Waals surface area contributed by atoms with Crippen LogP contribution in [-0.4, -0.2) is 24.0 Å². The Labute approximate surface area is 153 Å². The Balaban J connectivity index is 1.53. The summed E-state index contributed by atoms with van der Waals surface area (Å²) in [5, 5.41) is 8.43. The Kier molecular flexibility index (Phi) is 5.50. The van der Waals surface area contributed by atoms with Crippen LogP contribution < -0.4 is 10.1 Å². The summed E-state index contributed by atoms with van der Waals surface area (Å²) < 4.78 is 5.56. The Bertz CT molecular complexity index is 814. The van der Waals surface area contributed by atoms with Crippen LogP contribution in [0.1, 0.15) is 15.4 Å². The molecule has 2 heterocycles. The third kappa shape index (κ3) is 4.14. The van der Waals surface area contributed by atoms with Gasteiger partial charge in [-0.3, -0.25) is 4.79 Å². The third-order valence-corrected chi connectivity index (χ3v) is 5.38. The van der Waals surface area contributed by atoms with E-state index in [1.54, 1.807) is 35.6 Å². The number of rotatable bonds is 6. The Morgan fingerprint density at radius 1 is 1.29 bits per heavy atom. The number of amides is 1. The number of thiazole rings is 1. The fraction of sp³-hybridized carbons (Fsp3) is 0.176. The van der Waals surface area contributed by atoms with E-state index >= 15 is 0 Å². The van der Waals surface area contributed by atoms with Gasteiger partial charge in [0.15, 0.2) is 0 Å². The Hall–Kier alpha value is -1.89. The molecule has 0 unspecified atom stereocenters. The zero-order chi connectivity index (χ0) is 16.9. The van der Waals surface area contributed by atoms with Crippen molar-refractivity contribution in [2.45, 2.75) is 6.92 Å². The molecule has 0 aliphatic rings. The highest BCUT2D eigenvalue weighted by atomic mass is 35.5. The van der Waals surface area contributed by atoms with Crippen LogP contribution in [0.25, 0.3) is 10.6 Å². The molecule has 124 valence electrons. The number of nitrogens with one attached hydrogen (secondary N) is 1.